The first-order valence-corrected chi connectivity index (χ1v) is 9.27. The Balaban J connectivity index is 2.24. The Morgan fingerprint density at radius 3 is 2.90 bits per heavy atom. The minimum atomic E-state index is -3.00. The van der Waals surface area contributed by atoms with Crippen molar-refractivity contribution in [2.45, 2.75) is 57.4 Å². The van der Waals surface area contributed by atoms with Crippen LogP contribution in [0.5, 0.6) is 0 Å². The van der Waals surface area contributed by atoms with Crippen LogP contribution < -0.4 is 5.32 Å². The first-order chi connectivity index (χ1) is 9.58. The molecular formula is C14H25N3O2S. The zero-order valence-electron chi connectivity index (χ0n) is 12.4. The van der Waals surface area contributed by atoms with E-state index in [0.717, 1.165) is 44.3 Å². The van der Waals surface area contributed by atoms with Crippen LogP contribution in [0.3, 0.4) is 0 Å². The molecule has 20 heavy (non-hydrogen) atoms. The summed E-state index contributed by atoms with van der Waals surface area (Å²) in [5.74, 6) is 0.322. The van der Waals surface area contributed by atoms with Crippen molar-refractivity contribution in [1.29, 1.82) is 0 Å². The standard InChI is InChI=1S/C14H25N3O2S/c1-3-8-17-11-12(10-16-17)14(15-4-2)13-7-5-6-9-20(13,18)19/h10-11,13-15H,3-9H2,1-2H3. The van der Waals surface area contributed by atoms with Gasteiger partial charge in [-0.15, -0.1) is 0 Å². The molecule has 2 rings (SSSR count). The molecule has 0 radical (unpaired) electrons. The van der Waals surface area contributed by atoms with Gasteiger partial charge in [0, 0.05) is 18.3 Å². The fraction of sp³-hybridized carbons (Fsp3) is 0.786. The van der Waals surface area contributed by atoms with E-state index in [1.807, 2.05) is 24.0 Å². The van der Waals surface area contributed by atoms with Crippen molar-refractivity contribution in [3.05, 3.63) is 18.0 Å². The number of nitrogens with zero attached hydrogens (tertiary/aromatic N) is 2. The molecule has 5 nitrogen and oxygen atoms in total. The van der Waals surface area contributed by atoms with E-state index in [2.05, 4.69) is 17.3 Å². The van der Waals surface area contributed by atoms with E-state index >= 15 is 0 Å². The van der Waals surface area contributed by atoms with E-state index in [9.17, 15) is 8.42 Å². The van der Waals surface area contributed by atoms with Crippen molar-refractivity contribution in [3.8, 4) is 0 Å². The van der Waals surface area contributed by atoms with Crippen LogP contribution in [0.4, 0.5) is 0 Å². The number of rotatable bonds is 6. The molecule has 2 atom stereocenters. The SMILES string of the molecule is CCCn1cc(C(NCC)C2CCCCS2(=O)=O)cn1. The molecule has 6 heteroatoms. The van der Waals surface area contributed by atoms with Crippen LogP contribution in [0, 0.1) is 0 Å². The molecule has 1 aliphatic rings. The van der Waals surface area contributed by atoms with Crippen molar-refractivity contribution in [1.82, 2.24) is 15.1 Å². The smallest absolute Gasteiger partial charge is 0.155 e. The van der Waals surface area contributed by atoms with Crippen molar-refractivity contribution in [2.24, 2.45) is 0 Å². The molecule has 1 N–H and O–H groups in total. The van der Waals surface area contributed by atoms with E-state index in [0.29, 0.717) is 5.75 Å². The van der Waals surface area contributed by atoms with Gasteiger partial charge in [0.25, 0.3) is 0 Å². The molecule has 0 spiro atoms. The molecule has 0 bridgehead atoms. The molecule has 1 aliphatic heterocycles. The third kappa shape index (κ3) is 3.41. The summed E-state index contributed by atoms with van der Waals surface area (Å²) in [6.45, 7) is 5.75. The third-order valence-electron chi connectivity index (χ3n) is 3.89. The molecule has 2 unspecified atom stereocenters. The van der Waals surface area contributed by atoms with Gasteiger partial charge in [-0.2, -0.15) is 5.10 Å². The summed E-state index contributed by atoms with van der Waals surface area (Å²) in [5.41, 5.74) is 0.996. The van der Waals surface area contributed by atoms with Gasteiger partial charge in [0.15, 0.2) is 9.84 Å². The first kappa shape index (κ1) is 15.5. The maximum atomic E-state index is 12.3. The van der Waals surface area contributed by atoms with Gasteiger partial charge < -0.3 is 5.32 Å². The normalized spacial score (nSPS) is 23.6. The monoisotopic (exact) mass is 299 g/mol. The molecule has 0 aromatic carbocycles. The van der Waals surface area contributed by atoms with Gasteiger partial charge >= 0.3 is 0 Å². The van der Waals surface area contributed by atoms with E-state index < -0.39 is 9.84 Å². The van der Waals surface area contributed by atoms with Gasteiger partial charge in [-0.25, -0.2) is 8.42 Å². The van der Waals surface area contributed by atoms with E-state index in [4.69, 9.17) is 0 Å². The highest BCUT2D eigenvalue weighted by Gasteiger charge is 2.36. The van der Waals surface area contributed by atoms with Crippen LogP contribution in [0.15, 0.2) is 12.4 Å². The summed E-state index contributed by atoms with van der Waals surface area (Å²) in [4.78, 5) is 0. The molecular weight excluding hydrogens is 274 g/mol. The van der Waals surface area contributed by atoms with Crippen LogP contribution in [-0.4, -0.2) is 35.7 Å². The third-order valence-corrected chi connectivity index (χ3v) is 6.18. The maximum absolute atomic E-state index is 12.3. The second-order valence-corrected chi connectivity index (χ2v) is 7.81. The second-order valence-electron chi connectivity index (χ2n) is 5.47. The number of hydrogen-bond donors (Lipinski definition) is 1. The van der Waals surface area contributed by atoms with Crippen molar-refractivity contribution in [2.75, 3.05) is 12.3 Å². The maximum Gasteiger partial charge on any atom is 0.155 e. The lowest BCUT2D eigenvalue weighted by molar-refractivity contribution is 0.453. The Kier molecular flexibility index (Phi) is 5.21. The highest BCUT2D eigenvalue weighted by molar-refractivity contribution is 7.92. The Labute approximate surface area is 121 Å². The summed E-state index contributed by atoms with van der Waals surface area (Å²) >= 11 is 0. The summed E-state index contributed by atoms with van der Waals surface area (Å²) in [5, 5.41) is 7.37. The van der Waals surface area contributed by atoms with Crippen LogP contribution in [0.1, 0.15) is 51.1 Å². The molecule has 2 heterocycles. The highest BCUT2D eigenvalue weighted by Crippen LogP contribution is 2.30. The molecule has 114 valence electrons. The predicted octanol–water partition coefficient (Wildman–Crippen LogP) is 1.91. The van der Waals surface area contributed by atoms with E-state index in [1.165, 1.54) is 0 Å². The molecule has 0 amide bonds. The van der Waals surface area contributed by atoms with Gasteiger partial charge in [-0.05, 0) is 25.8 Å². The largest absolute Gasteiger partial charge is 0.309 e. The van der Waals surface area contributed by atoms with Gasteiger partial charge in [0.1, 0.15) is 0 Å². The highest BCUT2D eigenvalue weighted by atomic mass is 32.2. The number of aryl methyl sites for hydroxylation is 1. The first-order valence-electron chi connectivity index (χ1n) is 7.55. The summed E-state index contributed by atoms with van der Waals surface area (Å²) in [6.07, 6.45) is 7.36. The Morgan fingerprint density at radius 2 is 2.25 bits per heavy atom. The van der Waals surface area contributed by atoms with Gasteiger partial charge in [0.05, 0.1) is 23.2 Å². The molecule has 1 aromatic heterocycles. The van der Waals surface area contributed by atoms with Crippen LogP contribution >= 0.6 is 0 Å². The minimum Gasteiger partial charge on any atom is -0.309 e. The Hall–Kier alpha value is -0.880. The molecule has 0 aliphatic carbocycles. The topological polar surface area (TPSA) is 64.0 Å². The molecule has 1 saturated heterocycles. The number of hydrogen-bond acceptors (Lipinski definition) is 4. The average molecular weight is 299 g/mol. The zero-order chi connectivity index (χ0) is 14.6. The van der Waals surface area contributed by atoms with Crippen LogP contribution in [0.2, 0.25) is 0 Å². The number of aromatic nitrogens is 2. The second kappa shape index (κ2) is 6.72. The van der Waals surface area contributed by atoms with Crippen molar-refractivity contribution < 1.29 is 8.42 Å². The molecule has 1 fully saturated rings. The summed E-state index contributed by atoms with van der Waals surface area (Å²) < 4.78 is 26.6. The van der Waals surface area contributed by atoms with Crippen molar-refractivity contribution in [3.63, 3.8) is 0 Å². The molecule has 1 aromatic rings. The van der Waals surface area contributed by atoms with Gasteiger partial charge in [0.2, 0.25) is 0 Å². The van der Waals surface area contributed by atoms with Gasteiger partial charge in [-0.3, -0.25) is 4.68 Å². The number of sulfone groups is 1. The fourth-order valence-corrected chi connectivity index (χ4v) is 5.03. The Bertz CT molecular complexity index is 524. The lowest BCUT2D eigenvalue weighted by Gasteiger charge is -2.30. The Morgan fingerprint density at radius 1 is 1.45 bits per heavy atom. The minimum absolute atomic E-state index is 0.129. The zero-order valence-corrected chi connectivity index (χ0v) is 13.2. The van der Waals surface area contributed by atoms with Crippen LogP contribution in [-0.2, 0) is 16.4 Å². The van der Waals surface area contributed by atoms with E-state index in [1.54, 1.807) is 0 Å². The lowest BCUT2D eigenvalue weighted by Crippen LogP contribution is -2.40. The summed E-state index contributed by atoms with van der Waals surface area (Å²) in [6, 6.07) is -0.129. The lowest BCUT2D eigenvalue weighted by atomic mass is 10.0. The van der Waals surface area contributed by atoms with Crippen LogP contribution in [0.25, 0.3) is 0 Å². The van der Waals surface area contributed by atoms with Crippen molar-refractivity contribution >= 4 is 9.84 Å². The number of nitrogens with one attached hydrogen (secondary N) is 1. The summed E-state index contributed by atoms with van der Waals surface area (Å²) in [7, 11) is -3.00. The van der Waals surface area contributed by atoms with E-state index in [-0.39, 0.29) is 11.3 Å². The fourth-order valence-electron chi connectivity index (χ4n) is 2.93. The quantitative estimate of drug-likeness (QED) is 0.871. The molecule has 0 saturated carbocycles. The van der Waals surface area contributed by atoms with Gasteiger partial charge in [-0.1, -0.05) is 20.3 Å². The predicted molar refractivity (Wildman–Crippen MR) is 80.4 cm³/mol. The average Bonchev–Trinajstić information content (AvgIpc) is 2.85.